The van der Waals surface area contributed by atoms with Crippen LogP contribution in [0.5, 0.6) is 0 Å². The molecule has 1 aromatic rings. The van der Waals surface area contributed by atoms with Crippen molar-refractivity contribution in [2.24, 2.45) is 5.41 Å². The van der Waals surface area contributed by atoms with Gasteiger partial charge in [0.1, 0.15) is 6.04 Å². The van der Waals surface area contributed by atoms with Crippen molar-refractivity contribution in [1.82, 2.24) is 9.80 Å². The SMILES string of the molecule is CC1(C)CCN(C(=O)[C@@H]2Cc3ccccc3CN2C(=O)O)C1. The summed E-state index contributed by atoms with van der Waals surface area (Å²) in [5, 5.41) is 9.48. The molecule has 0 aliphatic carbocycles. The Morgan fingerprint density at radius 3 is 2.50 bits per heavy atom. The van der Waals surface area contributed by atoms with Crippen molar-refractivity contribution in [3.8, 4) is 0 Å². The van der Waals surface area contributed by atoms with Gasteiger partial charge in [-0.3, -0.25) is 9.69 Å². The number of hydrogen-bond donors (Lipinski definition) is 1. The Bertz CT molecular complexity index is 612. The van der Waals surface area contributed by atoms with Gasteiger partial charge in [0.2, 0.25) is 5.91 Å². The van der Waals surface area contributed by atoms with Crippen molar-refractivity contribution in [3.05, 3.63) is 35.4 Å². The summed E-state index contributed by atoms with van der Waals surface area (Å²) in [6.45, 7) is 6.00. The molecule has 2 heterocycles. The Morgan fingerprint density at radius 2 is 1.91 bits per heavy atom. The van der Waals surface area contributed by atoms with Crippen molar-refractivity contribution < 1.29 is 14.7 Å². The van der Waals surface area contributed by atoms with E-state index in [0.29, 0.717) is 19.5 Å². The maximum atomic E-state index is 12.8. The van der Waals surface area contributed by atoms with Crippen molar-refractivity contribution in [2.45, 2.75) is 39.3 Å². The van der Waals surface area contributed by atoms with Crippen LogP contribution in [0.15, 0.2) is 24.3 Å². The first kappa shape index (κ1) is 14.9. The first-order valence-corrected chi connectivity index (χ1v) is 7.72. The number of fused-ring (bicyclic) bond motifs is 1. The van der Waals surface area contributed by atoms with E-state index in [2.05, 4.69) is 13.8 Å². The number of rotatable bonds is 1. The average Bonchev–Trinajstić information content (AvgIpc) is 2.85. The van der Waals surface area contributed by atoms with Crippen LogP contribution in [-0.4, -0.2) is 46.0 Å². The molecule has 22 heavy (non-hydrogen) atoms. The number of hydrogen-bond acceptors (Lipinski definition) is 2. The second-order valence-electron chi connectivity index (χ2n) is 7.07. The van der Waals surface area contributed by atoms with Gasteiger partial charge in [0.15, 0.2) is 0 Å². The van der Waals surface area contributed by atoms with Crippen molar-refractivity contribution in [1.29, 1.82) is 0 Å². The molecule has 0 aromatic heterocycles. The van der Waals surface area contributed by atoms with E-state index in [-0.39, 0.29) is 11.3 Å². The van der Waals surface area contributed by atoms with E-state index in [9.17, 15) is 14.7 Å². The third-order valence-corrected chi connectivity index (χ3v) is 4.77. The zero-order valence-electron chi connectivity index (χ0n) is 13.1. The Kier molecular flexibility index (Phi) is 3.59. The number of nitrogens with zero attached hydrogens (tertiary/aromatic N) is 2. The first-order valence-electron chi connectivity index (χ1n) is 7.72. The standard InChI is InChI=1S/C17H22N2O3/c1-17(2)7-8-18(11-17)15(20)14-9-12-5-3-4-6-13(12)10-19(14)16(21)22/h3-6,14H,7-11H2,1-2H3,(H,21,22)/t14-/m0/s1. The fourth-order valence-corrected chi connectivity index (χ4v) is 3.46. The third-order valence-electron chi connectivity index (χ3n) is 4.77. The van der Waals surface area contributed by atoms with Crippen LogP contribution in [0.25, 0.3) is 0 Å². The predicted octanol–water partition coefficient (Wildman–Crippen LogP) is 2.35. The Hall–Kier alpha value is -2.04. The molecule has 2 aliphatic heterocycles. The number of carboxylic acid groups (broad SMARTS) is 1. The zero-order chi connectivity index (χ0) is 15.9. The second-order valence-corrected chi connectivity index (χ2v) is 7.07. The summed E-state index contributed by atoms with van der Waals surface area (Å²) in [6.07, 6.45) is 0.416. The summed E-state index contributed by atoms with van der Waals surface area (Å²) < 4.78 is 0. The van der Waals surface area contributed by atoms with Crippen LogP contribution in [0.2, 0.25) is 0 Å². The van der Waals surface area contributed by atoms with Crippen LogP contribution < -0.4 is 0 Å². The van der Waals surface area contributed by atoms with Gasteiger partial charge in [-0.2, -0.15) is 0 Å². The topological polar surface area (TPSA) is 60.9 Å². The first-order chi connectivity index (χ1) is 10.4. The summed E-state index contributed by atoms with van der Waals surface area (Å²) in [4.78, 5) is 27.5. The largest absolute Gasteiger partial charge is 0.465 e. The van der Waals surface area contributed by atoms with Gasteiger partial charge in [-0.25, -0.2) is 4.79 Å². The molecule has 5 heteroatoms. The molecule has 1 aromatic carbocycles. The van der Waals surface area contributed by atoms with Crippen molar-refractivity contribution in [3.63, 3.8) is 0 Å². The van der Waals surface area contributed by atoms with Gasteiger partial charge in [0.25, 0.3) is 0 Å². The molecule has 0 bridgehead atoms. The van der Waals surface area contributed by atoms with E-state index in [0.717, 1.165) is 24.1 Å². The molecule has 0 unspecified atom stereocenters. The van der Waals surface area contributed by atoms with E-state index in [1.807, 2.05) is 29.2 Å². The van der Waals surface area contributed by atoms with E-state index in [1.54, 1.807) is 0 Å². The molecule has 2 amide bonds. The van der Waals surface area contributed by atoms with E-state index >= 15 is 0 Å². The molecule has 0 spiro atoms. The number of amides is 2. The lowest BCUT2D eigenvalue weighted by molar-refractivity contribution is -0.136. The lowest BCUT2D eigenvalue weighted by atomic mass is 9.92. The molecule has 118 valence electrons. The van der Waals surface area contributed by atoms with Crippen LogP contribution >= 0.6 is 0 Å². The smallest absolute Gasteiger partial charge is 0.408 e. The van der Waals surface area contributed by atoms with Crippen LogP contribution in [0.1, 0.15) is 31.4 Å². The van der Waals surface area contributed by atoms with Gasteiger partial charge in [0, 0.05) is 19.5 Å². The molecular weight excluding hydrogens is 280 g/mol. The molecule has 2 aliphatic rings. The van der Waals surface area contributed by atoms with Gasteiger partial charge < -0.3 is 10.0 Å². The third kappa shape index (κ3) is 2.67. The van der Waals surface area contributed by atoms with Gasteiger partial charge in [-0.15, -0.1) is 0 Å². The minimum absolute atomic E-state index is 0.0533. The molecule has 0 radical (unpaired) electrons. The summed E-state index contributed by atoms with van der Waals surface area (Å²) in [5.41, 5.74) is 2.20. The Balaban J connectivity index is 1.85. The summed E-state index contributed by atoms with van der Waals surface area (Å²) in [5.74, 6) is -0.0533. The molecule has 1 fully saturated rings. The van der Waals surface area contributed by atoms with E-state index < -0.39 is 12.1 Å². The summed E-state index contributed by atoms with van der Waals surface area (Å²) in [6, 6.07) is 7.18. The highest BCUT2D eigenvalue weighted by Gasteiger charge is 2.40. The van der Waals surface area contributed by atoms with Crippen LogP contribution in [-0.2, 0) is 17.8 Å². The number of likely N-dealkylation sites (tertiary alicyclic amines) is 1. The highest BCUT2D eigenvalue weighted by Crippen LogP contribution is 2.31. The lowest BCUT2D eigenvalue weighted by Gasteiger charge is -2.36. The van der Waals surface area contributed by atoms with Gasteiger partial charge >= 0.3 is 6.09 Å². The van der Waals surface area contributed by atoms with Gasteiger partial charge in [0.05, 0.1) is 6.54 Å². The molecular formula is C17H22N2O3. The van der Waals surface area contributed by atoms with Crippen LogP contribution in [0, 0.1) is 5.41 Å². The van der Waals surface area contributed by atoms with Crippen LogP contribution in [0.3, 0.4) is 0 Å². The fourth-order valence-electron chi connectivity index (χ4n) is 3.46. The fraction of sp³-hybridized carbons (Fsp3) is 0.529. The monoisotopic (exact) mass is 302 g/mol. The molecule has 1 atom stereocenters. The second kappa shape index (κ2) is 5.30. The summed E-state index contributed by atoms with van der Waals surface area (Å²) in [7, 11) is 0. The van der Waals surface area contributed by atoms with E-state index in [1.165, 1.54) is 4.90 Å². The molecule has 1 saturated heterocycles. The number of benzene rings is 1. The predicted molar refractivity (Wildman–Crippen MR) is 82.5 cm³/mol. The maximum absolute atomic E-state index is 12.8. The number of carbonyl (C=O) groups excluding carboxylic acids is 1. The van der Waals surface area contributed by atoms with Gasteiger partial charge in [-0.1, -0.05) is 38.1 Å². The molecule has 3 rings (SSSR count). The average molecular weight is 302 g/mol. The Labute approximate surface area is 130 Å². The van der Waals surface area contributed by atoms with Gasteiger partial charge in [-0.05, 0) is 23.0 Å². The molecule has 0 saturated carbocycles. The van der Waals surface area contributed by atoms with E-state index in [4.69, 9.17) is 0 Å². The van der Waals surface area contributed by atoms with Crippen molar-refractivity contribution in [2.75, 3.05) is 13.1 Å². The molecule has 5 nitrogen and oxygen atoms in total. The van der Waals surface area contributed by atoms with Crippen LogP contribution in [0.4, 0.5) is 4.79 Å². The quantitative estimate of drug-likeness (QED) is 0.866. The highest BCUT2D eigenvalue weighted by molar-refractivity contribution is 5.86. The maximum Gasteiger partial charge on any atom is 0.408 e. The normalized spacial score (nSPS) is 23.3. The molecule has 1 N–H and O–H groups in total. The lowest BCUT2D eigenvalue weighted by Crippen LogP contribution is -2.53. The number of carbonyl (C=O) groups is 2. The van der Waals surface area contributed by atoms with Crippen molar-refractivity contribution >= 4 is 12.0 Å². The summed E-state index contributed by atoms with van der Waals surface area (Å²) >= 11 is 0. The Morgan fingerprint density at radius 1 is 1.23 bits per heavy atom. The minimum atomic E-state index is -1.02. The minimum Gasteiger partial charge on any atom is -0.465 e. The highest BCUT2D eigenvalue weighted by atomic mass is 16.4. The zero-order valence-corrected chi connectivity index (χ0v) is 13.1.